The van der Waals surface area contributed by atoms with Crippen LogP contribution in [0.4, 0.5) is 13.2 Å². The molecule has 0 spiro atoms. The van der Waals surface area contributed by atoms with Crippen molar-refractivity contribution in [1.29, 1.82) is 0 Å². The molecule has 0 aromatic heterocycles. The standard InChI is InChI=1S/C14H23F3N2/c1-2-18-10-8-11-4-3-5-12(9-10)19(11)13(6-7-13)14(15,16)17/h10-12,18H,2-9H2,1H3. The van der Waals surface area contributed by atoms with Gasteiger partial charge in [-0.25, -0.2) is 0 Å². The summed E-state index contributed by atoms with van der Waals surface area (Å²) in [5, 5.41) is 3.44. The molecule has 2 unspecified atom stereocenters. The molecule has 2 saturated heterocycles. The highest BCUT2D eigenvalue weighted by Crippen LogP contribution is 2.58. The van der Waals surface area contributed by atoms with E-state index in [4.69, 9.17) is 0 Å². The molecule has 5 heteroatoms. The molecule has 2 heterocycles. The van der Waals surface area contributed by atoms with Gasteiger partial charge in [0.2, 0.25) is 0 Å². The maximum absolute atomic E-state index is 13.4. The van der Waals surface area contributed by atoms with Crippen LogP contribution in [0.3, 0.4) is 0 Å². The molecule has 0 amide bonds. The minimum absolute atomic E-state index is 0.140. The Labute approximate surface area is 112 Å². The largest absolute Gasteiger partial charge is 0.406 e. The predicted molar refractivity (Wildman–Crippen MR) is 68.0 cm³/mol. The molecule has 3 fully saturated rings. The molecule has 0 aromatic carbocycles. The molecule has 19 heavy (non-hydrogen) atoms. The second-order valence-electron chi connectivity index (χ2n) is 6.40. The smallest absolute Gasteiger partial charge is 0.314 e. The van der Waals surface area contributed by atoms with Crippen molar-refractivity contribution in [3.8, 4) is 0 Å². The summed E-state index contributed by atoms with van der Waals surface area (Å²) >= 11 is 0. The van der Waals surface area contributed by atoms with E-state index in [0.29, 0.717) is 18.9 Å². The predicted octanol–water partition coefficient (Wildman–Crippen LogP) is 3.08. The summed E-state index contributed by atoms with van der Waals surface area (Å²) in [6, 6.07) is 0.696. The van der Waals surface area contributed by atoms with Gasteiger partial charge in [0.1, 0.15) is 5.54 Å². The van der Waals surface area contributed by atoms with Crippen LogP contribution >= 0.6 is 0 Å². The number of rotatable bonds is 3. The topological polar surface area (TPSA) is 15.3 Å². The zero-order valence-electron chi connectivity index (χ0n) is 11.5. The van der Waals surface area contributed by atoms with Gasteiger partial charge in [-0.15, -0.1) is 0 Å². The van der Waals surface area contributed by atoms with Crippen LogP contribution in [0.15, 0.2) is 0 Å². The van der Waals surface area contributed by atoms with Gasteiger partial charge in [-0.2, -0.15) is 13.2 Å². The molecule has 2 atom stereocenters. The minimum Gasteiger partial charge on any atom is -0.314 e. The Hall–Kier alpha value is -0.290. The van der Waals surface area contributed by atoms with Crippen molar-refractivity contribution in [2.24, 2.45) is 0 Å². The van der Waals surface area contributed by atoms with Crippen LogP contribution < -0.4 is 5.32 Å². The number of hydrogen-bond acceptors (Lipinski definition) is 2. The van der Waals surface area contributed by atoms with Crippen LogP contribution in [0.2, 0.25) is 0 Å². The second kappa shape index (κ2) is 4.62. The van der Waals surface area contributed by atoms with Crippen LogP contribution in [0.1, 0.15) is 51.9 Å². The van der Waals surface area contributed by atoms with Crippen LogP contribution in [-0.2, 0) is 0 Å². The van der Waals surface area contributed by atoms with Crippen LogP contribution in [0.25, 0.3) is 0 Å². The van der Waals surface area contributed by atoms with Gasteiger partial charge in [-0.3, -0.25) is 4.90 Å². The Morgan fingerprint density at radius 1 is 1.16 bits per heavy atom. The summed E-state index contributed by atoms with van der Waals surface area (Å²) in [7, 11) is 0. The summed E-state index contributed by atoms with van der Waals surface area (Å²) in [6.07, 6.45) is 1.34. The number of halogens is 3. The van der Waals surface area contributed by atoms with E-state index >= 15 is 0 Å². The third-order valence-corrected chi connectivity index (χ3v) is 5.21. The van der Waals surface area contributed by atoms with E-state index in [2.05, 4.69) is 12.2 Å². The first-order valence-electron chi connectivity index (χ1n) is 7.56. The minimum atomic E-state index is -4.05. The SMILES string of the molecule is CCNC1CC2CCCC(C1)N2C1(C(F)(F)F)CC1. The molecular weight excluding hydrogens is 253 g/mol. The number of nitrogens with zero attached hydrogens (tertiary/aromatic N) is 1. The second-order valence-corrected chi connectivity index (χ2v) is 6.40. The van der Waals surface area contributed by atoms with Gasteiger partial charge in [0, 0.05) is 18.1 Å². The summed E-state index contributed by atoms with van der Waals surface area (Å²) in [4.78, 5) is 1.88. The number of nitrogens with one attached hydrogen (secondary N) is 1. The average Bonchev–Trinajstić information content (AvgIpc) is 3.08. The van der Waals surface area contributed by atoms with E-state index in [0.717, 1.165) is 38.6 Å². The quantitative estimate of drug-likeness (QED) is 0.852. The Morgan fingerprint density at radius 2 is 1.74 bits per heavy atom. The highest BCUT2D eigenvalue weighted by Gasteiger charge is 2.69. The molecule has 1 aliphatic carbocycles. The summed E-state index contributed by atoms with van der Waals surface area (Å²) < 4.78 is 40.1. The van der Waals surface area contributed by atoms with Gasteiger partial charge in [-0.05, 0) is 45.1 Å². The zero-order valence-corrected chi connectivity index (χ0v) is 11.5. The van der Waals surface area contributed by atoms with Crippen molar-refractivity contribution in [3.63, 3.8) is 0 Å². The Balaban J connectivity index is 1.80. The van der Waals surface area contributed by atoms with Crippen LogP contribution in [0.5, 0.6) is 0 Å². The average molecular weight is 276 g/mol. The molecular formula is C14H23F3N2. The molecule has 110 valence electrons. The van der Waals surface area contributed by atoms with Crippen molar-refractivity contribution >= 4 is 0 Å². The number of fused-ring (bicyclic) bond motifs is 2. The number of hydrogen-bond donors (Lipinski definition) is 1. The normalized spacial score (nSPS) is 38.2. The summed E-state index contributed by atoms with van der Waals surface area (Å²) in [6.45, 7) is 2.98. The molecule has 3 rings (SSSR count). The molecule has 1 saturated carbocycles. The molecule has 0 aromatic rings. The lowest BCUT2D eigenvalue weighted by Crippen LogP contribution is -2.64. The van der Waals surface area contributed by atoms with E-state index in [1.54, 1.807) is 0 Å². The lowest BCUT2D eigenvalue weighted by molar-refractivity contribution is -0.220. The Morgan fingerprint density at radius 3 is 2.16 bits per heavy atom. The molecule has 0 radical (unpaired) electrons. The molecule has 2 bridgehead atoms. The highest BCUT2D eigenvalue weighted by atomic mass is 19.4. The van der Waals surface area contributed by atoms with Crippen molar-refractivity contribution in [1.82, 2.24) is 10.2 Å². The zero-order chi connectivity index (χ0) is 13.7. The van der Waals surface area contributed by atoms with Crippen molar-refractivity contribution in [2.75, 3.05) is 6.54 Å². The van der Waals surface area contributed by atoms with Gasteiger partial charge >= 0.3 is 6.18 Å². The first kappa shape index (κ1) is 13.7. The molecule has 1 N–H and O–H groups in total. The maximum Gasteiger partial charge on any atom is 0.406 e. The van der Waals surface area contributed by atoms with E-state index in [1.807, 2.05) is 4.90 Å². The fourth-order valence-corrected chi connectivity index (χ4v) is 4.34. The van der Waals surface area contributed by atoms with Crippen molar-refractivity contribution in [2.45, 2.75) is 81.7 Å². The fourth-order valence-electron chi connectivity index (χ4n) is 4.34. The lowest BCUT2D eigenvalue weighted by atomic mass is 9.80. The summed E-state index contributed by atoms with van der Waals surface area (Å²) in [5.74, 6) is 0. The Kier molecular flexibility index (Phi) is 3.33. The summed E-state index contributed by atoms with van der Waals surface area (Å²) in [5.41, 5.74) is -1.46. The number of alkyl halides is 3. The van der Waals surface area contributed by atoms with Crippen molar-refractivity contribution < 1.29 is 13.2 Å². The highest BCUT2D eigenvalue weighted by molar-refractivity contribution is 5.15. The van der Waals surface area contributed by atoms with Gasteiger partial charge in [0.25, 0.3) is 0 Å². The third kappa shape index (κ3) is 2.19. The first-order chi connectivity index (χ1) is 8.98. The molecule has 3 aliphatic rings. The molecule has 2 nitrogen and oxygen atoms in total. The Bertz CT molecular complexity index is 324. The van der Waals surface area contributed by atoms with Gasteiger partial charge in [0.15, 0.2) is 0 Å². The van der Waals surface area contributed by atoms with Gasteiger partial charge in [0.05, 0.1) is 0 Å². The van der Waals surface area contributed by atoms with E-state index in [-0.39, 0.29) is 12.1 Å². The third-order valence-electron chi connectivity index (χ3n) is 5.21. The van der Waals surface area contributed by atoms with E-state index < -0.39 is 11.7 Å². The van der Waals surface area contributed by atoms with E-state index in [9.17, 15) is 13.2 Å². The maximum atomic E-state index is 13.4. The first-order valence-corrected chi connectivity index (χ1v) is 7.56. The number of piperidine rings is 2. The van der Waals surface area contributed by atoms with Crippen LogP contribution in [0, 0.1) is 0 Å². The van der Waals surface area contributed by atoms with E-state index in [1.165, 1.54) is 0 Å². The monoisotopic (exact) mass is 276 g/mol. The van der Waals surface area contributed by atoms with Crippen LogP contribution in [-0.4, -0.2) is 41.3 Å². The fraction of sp³-hybridized carbons (Fsp3) is 1.00. The lowest BCUT2D eigenvalue weighted by Gasteiger charge is -2.53. The molecule has 2 aliphatic heterocycles. The van der Waals surface area contributed by atoms with Gasteiger partial charge in [-0.1, -0.05) is 13.3 Å². The van der Waals surface area contributed by atoms with Gasteiger partial charge < -0.3 is 5.32 Å². The van der Waals surface area contributed by atoms with Crippen molar-refractivity contribution in [3.05, 3.63) is 0 Å².